The normalized spacial score (nSPS) is 13.0. The van der Waals surface area contributed by atoms with E-state index in [-0.39, 0.29) is 0 Å². The highest BCUT2D eigenvalue weighted by Gasteiger charge is 2.16. The van der Waals surface area contributed by atoms with Gasteiger partial charge in [-0.3, -0.25) is 0 Å². The first-order valence-electron chi connectivity index (χ1n) is 8.07. The van der Waals surface area contributed by atoms with Gasteiger partial charge in [0, 0.05) is 24.0 Å². The van der Waals surface area contributed by atoms with Crippen LogP contribution in [-0.4, -0.2) is 20.4 Å². The zero-order chi connectivity index (χ0) is 15.2. The van der Waals surface area contributed by atoms with E-state index < -0.39 is 0 Å². The smallest absolute Gasteiger partial charge is 0.160 e. The molecule has 0 bridgehead atoms. The van der Waals surface area contributed by atoms with Gasteiger partial charge in [-0.05, 0) is 32.4 Å². The molecule has 2 rings (SSSR count). The molecule has 0 amide bonds. The second kappa shape index (κ2) is 7.79. The number of nitrogens with zero attached hydrogens (tertiary/aromatic N) is 3. The Morgan fingerprint density at radius 1 is 1.19 bits per heavy atom. The first-order chi connectivity index (χ1) is 10.2. The number of hydrogen-bond donors (Lipinski definition) is 0. The molecule has 1 unspecified atom stereocenters. The fourth-order valence-corrected chi connectivity index (χ4v) is 3.00. The molecule has 2 aromatic rings. The molecule has 2 aromatic heterocycles. The van der Waals surface area contributed by atoms with E-state index in [0.29, 0.717) is 11.9 Å². The van der Waals surface area contributed by atoms with Crippen LogP contribution in [0.15, 0.2) is 12.1 Å². The standard InChI is InChI=1S/C17H26ClN3/c1-4-5-6-7-8-14(3)21-16(11-12-18)20-15-10-9-13(2)19-17(15)21/h9-10,14H,4-8,11-12H2,1-3H3. The number of pyridine rings is 1. The summed E-state index contributed by atoms with van der Waals surface area (Å²) in [6.07, 6.45) is 7.15. The number of aromatic nitrogens is 3. The molecular weight excluding hydrogens is 282 g/mol. The summed E-state index contributed by atoms with van der Waals surface area (Å²) in [6.45, 7) is 6.55. The molecule has 0 saturated heterocycles. The van der Waals surface area contributed by atoms with Crippen molar-refractivity contribution in [3.63, 3.8) is 0 Å². The number of imidazole rings is 1. The Morgan fingerprint density at radius 2 is 2.00 bits per heavy atom. The number of aryl methyl sites for hydroxylation is 2. The summed E-state index contributed by atoms with van der Waals surface area (Å²) in [5.74, 6) is 1.67. The molecule has 4 heteroatoms. The Hall–Kier alpha value is -1.09. The van der Waals surface area contributed by atoms with E-state index in [1.54, 1.807) is 0 Å². The molecule has 1 atom stereocenters. The Bertz CT molecular complexity index is 577. The van der Waals surface area contributed by atoms with Crippen LogP contribution < -0.4 is 0 Å². The number of rotatable bonds is 8. The van der Waals surface area contributed by atoms with Crippen molar-refractivity contribution >= 4 is 22.8 Å². The maximum Gasteiger partial charge on any atom is 0.160 e. The Kier molecular flexibility index (Phi) is 6.04. The first kappa shape index (κ1) is 16.3. The van der Waals surface area contributed by atoms with E-state index in [2.05, 4.69) is 24.5 Å². The summed E-state index contributed by atoms with van der Waals surface area (Å²) in [5, 5.41) is 0. The highest BCUT2D eigenvalue weighted by atomic mass is 35.5. The molecule has 0 aliphatic carbocycles. The van der Waals surface area contributed by atoms with Gasteiger partial charge in [0.25, 0.3) is 0 Å². The first-order valence-corrected chi connectivity index (χ1v) is 8.61. The molecule has 116 valence electrons. The van der Waals surface area contributed by atoms with Gasteiger partial charge in [0.1, 0.15) is 11.3 Å². The highest BCUT2D eigenvalue weighted by Crippen LogP contribution is 2.24. The number of hydrogen-bond acceptors (Lipinski definition) is 2. The topological polar surface area (TPSA) is 30.7 Å². The van der Waals surface area contributed by atoms with Gasteiger partial charge in [0.15, 0.2) is 5.65 Å². The molecule has 21 heavy (non-hydrogen) atoms. The SMILES string of the molecule is CCCCCCC(C)n1c(CCCl)nc2ccc(C)nc21. The third kappa shape index (κ3) is 3.97. The van der Waals surface area contributed by atoms with Crippen molar-refractivity contribution in [2.45, 2.75) is 65.3 Å². The lowest BCUT2D eigenvalue weighted by Gasteiger charge is -2.17. The molecule has 2 heterocycles. The van der Waals surface area contributed by atoms with Crippen LogP contribution in [-0.2, 0) is 6.42 Å². The molecular formula is C17H26ClN3. The van der Waals surface area contributed by atoms with Crippen LogP contribution in [0.25, 0.3) is 11.2 Å². The second-order valence-electron chi connectivity index (χ2n) is 5.83. The maximum absolute atomic E-state index is 5.94. The van der Waals surface area contributed by atoms with Crippen molar-refractivity contribution in [2.24, 2.45) is 0 Å². The summed E-state index contributed by atoms with van der Waals surface area (Å²) < 4.78 is 2.30. The lowest BCUT2D eigenvalue weighted by atomic mass is 10.1. The lowest BCUT2D eigenvalue weighted by Crippen LogP contribution is -2.11. The maximum atomic E-state index is 5.94. The number of fused-ring (bicyclic) bond motifs is 1. The van der Waals surface area contributed by atoms with E-state index in [4.69, 9.17) is 21.6 Å². The summed E-state index contributed by atoms with van der Waals surface area (Å²) in [7, 11) is 0. The molecule has 0 spiro atoms. The Balaban J connectivity index is 2.25. The minimum absolute atomic E-state index is 0.430. The summed E-state index contributed by atoms with van der Waals surface area (Å²) in [6, 6.07) is 4.52. The molecule has 0 radical (unpaired) electrons. The quantitative estimate of drug-likeness (QED) is 0.504. The molecule has 0 N–H and O–H groups in total. The van der Waals surface area contributed by atoms with Crippen LogP contribution in [0.5, 0.6) is 0 Å². The lowest BCUT2D eigenvalue weighted by molar-refractivity contribution is 0.467. The average Bonchev–Trinajstić information content (AvgIpc) is 2.81. The fourth-order valence-electron chi connectivity index (χ4n) is 2.83. The number of alkyl halides is 1. The number of unbranched alkanes of at least 4 members (excludes halogenated alkanes) is 3. The summed E-state index contributed by atoms with van der Waals surface area (Å²) in [4.78, 5) is 9.43. The molecule has 3 nitrogen and oxygen atoms in total. The van der Waals surface area contributed by atoms with Gasteiger partial charge in [-0.2, -0.15) is 0 Å². The van der Waals surface area contributed by atoms with Crippen molar-refractivity contribution in [3.8, 4) is 0 Å². The van der Waals surface area contributed by atoms with Crippen molar-refractivity contribution in [1.29, 1.82) is 0 Å². The largest absolute Gasteiger partial charge is 0.310 e. The van der Waals surface area contributed by atoms with Crippen LogP contribution in [0.1, 0.15) is 63.5 Å². The second-order valence-corrected chi connectivity index (χ2v) is 6.21. The van der Waals surface area contributed by atoms with Crippen molar-refractivity contribution in [3.05, 3.63) is 23.7 Å². The third-order valence-corrected chi connectivity index (χ3v) is 4.17. The predicted molar refractivity (Wildman–Crippen MR) is 90.2 cm³/mol. The average molecular weight is 308 g/mol. The van der Waals surface area contributed by atoms with Crippen molar-refractivity contribution < 1.29 is 0 Å². The Morgan fingerprint density at radius 3 is 2.71 bits per heavy atom. The van der Waals surface area contributed by atoms with Crippen molar-refractivity contribution in [2.75, 3.05) is 5.88 Å². The van der Waals surface area contributed by atoms with Gasteiger partial charge in [0.05, 0.1) is 0 Å². The van der Waals surface area contributed by atoms with Crippen LogP contribution in [0, 0.1) is 6.92 Å². The molecule has 0 aliphatic heterocycles. The highest BCUT2D eigenvalue weighted by molar-refractivity contribution is 6.17. The monoisotopic (exact) mass is 307 g/mol. The minimum atomic E-state index is 0.430. The van der Waals surface area contributed by atoms with E-state index in [1.165, 1.54) is 32.1 Å². The zero-order valence-corrected chi connectivity index (χ0v) is 14.2. The van der Waals surface area contributed by atoms with Crippen LogP contribution >= 0.6 is 11.6 Å². The van der Waals surface area contributed by atoms with Gasteiger partial charge in [0.2, 0.25) is 0 Å². The van der Waals surface area contributed by atoms with E-state index in [1.807, 2.05) is 13.0 Å². The third-order valence-electron chi connectivity index (χ3n) is 3.98. The predicted octanol–water partition coefficient (Wildman–Crippen LogP) is 5.05. The van der Waals surface area contributed by atoms with E-state index >= 15 is 0 Å². The van der Waals surface area contributed by atoms with Gasteiger partial charge in [-0.15, -0.1) is 11.6 Å². The van der Waals surface area contributed by atoms with Gasteiger partial charge < -0.3 is 4.57 Å². The fraction of sp³-hybridized carbons (Fsp3) is 0.647. The van der Waals surface area contributed by atoms with Gasteiger partial charge in [-0.1, -0.05) is 32.6 Å². The van der Waals surface area contributed by atoms with Crippen molar-refractivity contribution in [1.82, 2.24) is 14.5 Å². The van der Waals surface area contributed by atoms with Crippen LogP contribution in [0.2, 0.25) is 0 Å². The molecule has 0 saturated carbocycles. The van der Waals surface area contributed by atoms with E-state index in [0.717, 1.165) is 29.1 Å². The number of halogens is 1. The van der Waals surface area contributed by atoms with Gasteiger partial charge >= 0.3 is 0 Å². The van der Waals surface area contributed by atoms with Crippen LogP contribution in [0.3, 0.4) is 0 Å². The van der Waals surface area contributed by atoms with Gasteiger partial charge in [-0.25, -0.2) is 9.97 Å². The zero-order valence-electron chi connectivity index (χ0n) is 13.4. The summed E-state index contributed by atoms with van der Waals surface area (Å²) in [5.41, 5.74) is 3.04. The van der Waals surface area contributed by atoms with Crippen LogP contribution in [0.4, 0.5) is 0 Å². The van der Waals surface area contributed by atoms with E-state index in [9.17, 15) is 0 Å². The molecule has 0 aliphatic rings. The Labute approximate surface area is 132 Å². The molecule has 0 aromatic carbocycles. The minimum Gasteiger partial charge on any atom is -0.310 e. The molecule has 0 fully saturated rings. The summed E-state index contributed by atoms with van der Waals surface area (Å²) >= 11 is 5.94.